The molecule has 1 N–H and O–H groups in total. The molecular weight excluding hydrogens is 217 g/mol. The van der Waals surface area contributed by atoms with Crippen LogP contribution in [0.15, 0.2) is 18.2 Å². The van der Waals surface area contributed by atoms with Crippen LogP contribution in [0.4, 0.5) is 10.1 Å². The second-order valence-electron chi connectivity index (χ2n) is 4.72. The number of aliphatic hydroxyl groups excluding tert-OH is 1. The summed E-state index contributed by atoms with van der Waals surface area (Å²) in [4.78, 5) is 2.18. The first-order valence-corrected chi connectivity index (χ1v) is 6.42. The lowest BCUT2D eigenvalue weighted by Gasteiger charge is -2.25. The summed E-state index contributed by atoms with van der Waals surface area (Å²) in [7, 11) is 0. The Morgan fingerprint density at radius 2 is 2.18 bits per heavy atom. The molecule has 1 aliphatic carbocycles. The molecule has 2 nitrogen and oxygen atoms in total. The third kappa shape index (κ3) is 2.97. The van der Waals surface area contributed by atoms with Crippen molar-refractivity contribution in [3.63, 3.8) is 0 Å². The van der Waals surface area contributed by atoms with Crippen LogP contribution in [0.2, 0.25) is 0 Å². The van der Waals surface area contributed by atoms with Gasteiger partial charge in [0.05, 0.1) is 12.3 Å². The minimum atomic E-state index is -0.209. The van der Waals surface area contributed by atoms with Crippen LogP contribution in [0, 0.1) is 5.82 Å². The molecule has 1 aromatic carbocycles. The molecule has 3 heteroatoms. The van der Waals surface area contributed by atoms with Crippen molar-refractivity contribution in [2.45, 2.75) is 45.3 Å². The second-order valence-corrected chi connectivity index (χ2v) is 4.72. The van der Waals surface area contributed by atoms with Crippen LogP contribution in [0.25, 0.3) is 0 Å². The topological polar surface area (TPSA) is 23.5 Å². The molecule has 0 heterocycles. The minimum Gasteiger partial charge on any atom is -0.392 e. The largest absolute Gasteiger partial charge is 0.392 e. The van der Waals surface area contributed by atoms with E-state index in [1.807, 2.05) is 0 Å². The number of hydrogen-bond donors (Lipinski definition) is 1. The van der Waals surface area contributed by atoms with Gasteiger partial charge in [-0.1, -0.05) is 19.4 Å². The highest BCUT2D eigenvalue weighted by atomic mass is 19.1. The highest BCUT2D eigenvalue weighted by Crippen LogP contribution is 2.33. The molecule has 0 aliphatic heterocycles. The number of hydrogen-bond acceptors (Lipinski definition) is 2. The number of anilines is 1. The van der Waals surface area contributed by atoms with Gasteiger partial charge in [0.1, 0.15) is 5.82 Å². The first-order valence-electron chi connectivity index (χ1n) is 6.42. The van der Waals surface area contributed by atoms with Crippen molar-refractivity contribution in [3.05, 3.63) is 29.6 Å². The Morgan fingerprint density at radius 3 is 2.71 bits per heavy atom. The molecule has 0 amide bonds. The van der Waals surface area contributed by atoms with E-state index in [0.29, 0.717) is 17.3 Å². The Morgan fingerprint density at radius 1 is 1.41 bits per heavy atom. The van der Waals surface area contributed by atoms with E-state index in [1.165, 1.54) is 18.9 Å². The van der Waals surface area contributed by atoms with Gasteiger partial charge in [0, 0.05) is 12.6 Å². The minimum absolute atomic E-state index is 0.102. The first-order chi connectivity index (χ1) is 8.26. The summed E-state index contributed by atoms with van der Waals surface area (Å²) in [5, 5.41) is 8.97. The molecule has 94 valence electrons. The molecule has 1 aliphatic rings. The van der Waals surface area contributed by atoms with Crippen LogP contribution in [0.3, 0.4) is 0 Å². The van der Waals surface area contributed by atoms with Gasteiger partial charge >= 0.3 is 0 Å². The van der Waals surface area contributed by atoms with Crippen LogP contribution in [-0.2, 0) is 6.61 Å². The summed E-state index contributed by atoms with van der Waals surface area (Å²) in [6.07, 6.45) is 4.56. The van der Waals surface area contributed by atoms with Crippen LogP contribution in [0.5, 0.6) is 0 Å². The Hall–Kier alpha value is -1.09. The van der Waals surface area contributed by atoms with E-state index >= 15 is 0 Å². The lowest BCUT2D eigenvalue weighted by atomic mass is 10.1. The van der Waals surface area contributed by atoms with E-state index in [9.17, 15) is 4.39 Å². The van der Waals surface area contributed by atoms with Crippen molar-refractivity contribution in [2.24, 2.45) is 0 Å². The predicted octanol–water partition coefficient (Wildman–Crippen LogP) is 3.09. The molecule has 17 heavy (non-hydrogen) atoms. The summed E-state index contributed by atoms with van der Waals surface area (Å²) in [5.74, 6) is -0.209. The van der Waals surface area contributed by atoms with Crippen molar-refractivity contribution >= 4 is 5.69 Å². The zero-order valence-electron chi connectivity index (χ0n) is 10.3. The van der Waals surface area contributed by atoms with Gasteiger partial charge in [-0.2, -0.15) is 0 Å². The predicted molar refractivity (Wildman–Crippen MR) is 67.6 cm³/mol. The summed E-state index contributed by atoms with van der Waals surface area (Å²) in [6, 6.07) is 5.57. The van der Waals surface area contributed by atoms with E-state index in [-0.39, 0.29) is 12.4 Å². The Bertz CT molecular complexity index is 376. The van der Waals surface area contributed by atoms with Crippen molar-refractivity contribution in [1.29, 1.82) is 0 Å². The van der Waals surface area contributed by atoms with Crippen molar-refractivity contribution in [2.75, 3.05) is 11.4 Å². The maximum atomic E-state index is 13.9. The summed E-state index contributed by atoms with van der Waals surface area (Å²) >= 11 is 0. The van der Waals surface area contributed by atoms with Gasteiger partial charge in [-0.15, -0.1) is 0 Å². The van der Waals surface area contributed by atoms with Crippen LogP contribution >= 0.6 is 0 Å². The highest BCUT2D eigenvalue weighted by Gasteiger charge is 2.30. The Balaban J connectivity index is 2.16. The van der Waals surface area contributed by atoms with Gasteiger partial charge in [-0.3, -0.25) is 0 Å². The molecule has 1 fully saturated rings. The lowest BCUT2D eigenvalue weighted by Crippen LogP contribution is -2.27. The number of benzene rings is 1. The summed E-state index contributed by atoms with van der Waals surface area (Å²) in [5.41, 5.74) is 1.33. The molecule has 0 aromatic heterocycles. The van der Waals surface area contributed by atoms with Gasteiger partial charge in [0.25, 0.3) is 0 Å². The van der Waals surface area contributed by atoms with E-state index in [0.717, 1.165) is 19.4 Å². The number of unbranched alkanes of at least 4 members (excludes halogenated alkanes) is 1. The number of rotatable bonds is 6. The molecule has 0 atom stereocenters. The molecule has 0 unspecified atom stereocenters. The lowest BCUT2D eigenvalue weighted by molar-refractivity contribution is 0.281. The van der Waals surface area contributed by atoms with E-state index < -0.39 is 0 Å². The Labute approximate surface area is 102 Å². The molecule has 0 saturated heterocycles. The van der Waals surface area contributed by atoms with E-state index in [1.54, 1.807) is 12.1 Å². The van der Waals surface area contributed by atoms with Crippen molar-refractivity contribution in [3.8, 4) is 0 Å². The number of nitrogens with zero attached hydrogens (tertiary/aromatic N) is 1. The fourth-order valence-corrected chi connectivity index (χ4v) is 2.10. The molecule has 0 radical (unpaired) electrons. The standard InChI is InChI=1S/C14H20FNO/c1-2-3-8-16(12-5-6-12)14-7-4-11(10-17)9-13(14)15/h4,7,9,12,17H,2-3,5-6,8,10H2,1H3. The molecule has 0 bridgehead atoms. The second kappa shape index (κ2) is 5.50. The van der Waals surface area contributed by atoms with Crippen LogP contribution in [-0.4, -0.2) is 17.7 Å². The maximum absolute atomic E-state index is 13.9. The highest BCUT2D eigenvalue weighted by molar-refractivity contribution is 5.51. The average molecular weight is 237 g/mol. The average Bonchev–Trinajstić information content (AvgIpc) is 3.15. The third-order valence-corrected chi connectivity index (χ3v) is 3.24. The SMILES string of the molecule is CCCCN(c1ccc(CO)cc1F)C1CC1. The molecule has 1 aromatic rings. The maximum Gasteiger partial charge on any atom is 0.146 e. The van der Waals surface area contributed by atoms with Gasteiger partial charge in [-0.05, 0) is 37.0 Å². The van der Waals surface area contributed by atoms with Gasteiger partial charge in [0.15, 0.2) is 0 Å². The van der Waals surface area contributed by atoms with E-state index in [4.69, 9.17) is 5.11 Å². The smallest absolute Gasteiger partial charge is 0.146 e. The van der Waals surface area contributed by atoms with Crippen LogP contribution < -0.4 is 4.90 Å². The van der Waals surface area contributed by atoms with Gasteiger partial charge in [0.2, 0.25) is 0 Å². The van der Waals surface area contributed by atoms with Crippen LogP contribution in [0.1, 0.15) is 38.2 Å². The van der Waals surface area contributed by atoms with Gasteiger partial charge < -0.3 is 10.0 Å². The Kier molecular flexibility index (Phi) is 4.00. The molecule has 1 saturated carbocycles. The quantitative estimate of drug-likeness (QED) is 0.822. The summed E-state index contributed by atoms with van der Waals surface area (Å²) in [6.45, 7) is 2.97. The fourth-order valence-electron chi connectivity index (χ4n) is 2.10. The number of halogens is 1. The first kappa shape index (κ1) is 12.4. The molecule has 2 rings (SSSR count). The van der Waals surface area contributed by atoms with Crippen molar-refractivity contribution < 1.29 is 9.50 Å². The number of aliphatic hydroxyl groups is 1. The van der Waals surface area contributed by atoms with Gasteiger partial charge in [-0.25, -0.2) is 4.39 Å². The molecular formula is C14H20FNO. The van der Waals surface area contributed by atoms with E-state index in [2.05, 4.69) is 11.8 Å². The third-order valence-electron chi connectivity index (χ3n) is 3.24. The summed E-state index contributed by atoms with van der Waals surface area (Å²) < 4.78 is 13.9. The normalized spacial score (nSPS) is 15.0. The fraction of sp³-hybridized carbons (Fsp3) is 0.571. The monoisotopic (exact) mass is 237 g/mol. The molecule has 0 spiro atoms. The zero-order chi connectivity index (χ0) is 12.3. The van der Waals surface area contributed by atoms with Crippen molar-refractivity contribution in [1.82, 2.24) is 0 Å². The zero-order valence-corrected chi connectivity index (χ0v) is 10.3.